The van der Waals surface area contributed by atoms with Crippen LogP contribution in [0.15, 0.2) is 25.3 Å². The van der Waals surface area contributed by atoms with E-state index in [2.05, 4.69) is 13.2 Å². The van der Waals surface area contributed by atoms with Gasteiger partial charge in [0.1, 0.15) is 0 Å². The van der Waals surface area contributed by atoms with Crippen molar-refractivity contribution >= 4 is 0 Å². The summed E-state index contributed by atoms with van der Waals surface area (Å²) >= 11 is 0. The number of rotatable bonds is 2. The second-order valence-corrected chi connectivity index (χ2v) is 2.34. The topological polar surface area (TPSA) is 9.23 Å². The van der Waals surface area contributed by atoms with E-state index in [4.69, 9.17) is 4.74 Å². The zero-order valence-corrected chi connectivity index (χ0v) is 5.55. The van der Waals surface area contributed by atoms with Crippen molar-refractivity contribution in [3.8, 4) is 0 Å². The molecule has 0 saturated carbocycles. The summed E-state index contributed by atoms with van der Waals surface area (Å²) in [5, 5.41) is 0. The van der Waals surface area contributed by atoms with Gasteiger partial charge in [0.15, 0.2) is 0 Å². The molecule has 0 aromatic carbocycles. The van der Waals surface area contributed by atoms with Gasteiger partial charge in [-0.05, 0) is 6.42 Å². The largest absolute Gasteiger partial charge is 0.374 e. The van der Waals surface area contributed by atoms with E-state index in [9.17, 15) is 0 Å². The third-order valence-corrected chi connectivity index (χ3v) is 1.66. The summed E-state index contributed by atoms with van der Waals surface area (Å²) in [5.41, 5.74) is 0. The molecule has 50 valence electrons. The van der Waals surface area contributed by atoms with Gasteiger partial charge in [-0.1, -0.05) is 12.2 Å². The molecule has 1 nitrogen and oxygen atoms in total. The quantitative estimate of drug-likeness (QED) is 0.510. The minimum atomic E-state index is 0.271. The second kappa shape index (κ2) is 2.83. The monoisotopic (exact) mass is 124 g/mol. The molecule has 0 radical (unpaired) electrons. The lowest BCUT2D eigenvalue weighted by molar-refractivity contribution is 0.142. The lowest BCUT2D eigenvalue weighted by Gasteiger charge is -1.97. The Labute approximate surface area is 56.0 Å². The highest BCUT2D eigenvalue weighted by Gasteiger charge is 2.19. The van der Waals surface area contributed by atoms with Crippen molar-refractivity contribution in [3.63, 3.8) is 0 Å². The van der Waals surface area contributed by atoms with Crippen LogP contribution >= 0.6 is 0 Å². The first-order chi connectivity index (χ1) is 4.36. The van der Waals surface area contributed by atoms with Crippen LogP contribution in [0.4, 0.5) is 0 Å². The van der Waals surface area contributed by atoms with Gasteiger partial charge < -0.3 is 4.74 Å². The maximum Gasteiger partial charge on any atom is 0.0759 e. The van der Waals surface area contributed by atoms with Crippen LogP contribution in [0.2, 0.25) is 0 Å². The molecule has 0 aromatic heterocycles. The van der Waals surface area contributed by atoms with Gasteiger partial charge in [-0.25, -0.2) is 0 Å². The fourth-order valence-electron chi connectivity index (χ4n) is 1.01. The molecule has 1 fully saturated rings. The first kappa shape index (κ1) is 6.56. The Kier molecular flexibility index (Phi) is 2.06. The average Bonchev–Trinajstić information content (AvgIpc) is 2.34. The van der Waals surface area contributed by atoms with E-state index in [1.165, 1.54) is 0 Å². The average molecular weight is 124 g/mol. The Balaban J connectivity index is 2.36. The maximum atomic E-state index is 5.32. The summed E-state index contributed by atoms with van der Waals surface area (Å²) in [7, 11) is 0. The highest BCUT2D eigenvalue weighted by Crippen LogP contribution is 2.20. The van der Waals surface area contributed by atoms with Crippen LogP contribution in [0.25, 0.3) is 0 Å². The smallest absolute Gasteiger partial charge is 0.0759 e. The molecule has 2 unspecified atom stereocenters. The first-order valence-electron chi connectivity index (χ1n) is 3.23. The third-order valence-electron chi connectivity index (χ3n) is 1.66. The predicted molar refractivity (Wildman–Crippen MR) is 38.2 cm³/mol. The molecule has 0 spiro atoms. The summed E-state index contributed by atoms with van der Waals surface area (Å²) in [5.74, 6) is 0.549. The Morgan fingerprint density at radius 1 is 1.33 bits per heavy atom. The first-order valence-corrected chi connectivity index (χ1v) is 3.23. The molecule has 0 N–H and O–H groups in total. The van der Waals surface area contributed by atoms with Crippen LogP contribution in [0, 0.1) is 5.92 Å². The second-order valence-electron chi connectivity index (χ2n) is 2.34. The highest BCUT2D eigenvalue weighted by atomic mass is 16.5. The minimum Gasteiger partial charge on any atom is -0.374 e. The molecule has 1 heterocycles. The summed E-state index contributed by atoms with van der Waals surface area (Å²) in [6.45, 7) is 8.17. The van der Waals surface area contributed by atoms with Crippen LogP contribution in [0.1, 0.15) is 6.42 Å². The van der Waals surface area contributed by atoms with Gasteiger partial charge in [0.25, 0.3) is 0 Å². The molecule has 0 aromatic rings. The zero-order valence-electron chi connectivity index (χ0n) is 5.55. The Morgan fingerprint density at radius 2 is 2.11 bits per heavy atom. The summed E-state index contributed by atoms with van der Waals surface area (Å²) < 4.78 is 5.32. The summed E-state index contributed by atoms with van der Waals surface area (Å²) in [4.78, 5) is 0. The van der Waals surface area contributed by atoms with Crippen molar-refractivity contribution < 1.29 is 4.74 Å². The van der Waals surface area contributed by atoms with Crippen LogP contribution < -0.4 is 0 Å². The van der Waals surface area contributed by atoms with E-state index in [0.29, 0.717) is 5.92 Å². The number of ether oxygens (including phenoxy) is 1. The highest BCUT2D eigenvalue weighted by molar-refractivity contribution is 4.92. The van der Waals surface area contributed by atoms with Gasteiger partial charge in [-0.3, -0.25) is 0 Å². The van der Waals surface area contributed by atoms with Crippen molar-refractivity contribution in [3.05, 3.63) is 25.3 Å². The molecule has 1 rings (SSSR count). The number of hydrogen-bond acceptors (Lipinski definition) is 1. The summed E-state index contributed by atoms with van der Waals surface area (Å²) in [6, 6.07) is 0. The fourth-order valence-corrected chi connectivity index (χ4v) is 1.01. The van der Waals surface area contributed by atoms with Crippen molar-refractivity contribution in [1.82, 2.24) is 0 Å². The standard InChI is InChI=1S/C8H12O/c1-3-7-5-8(4-2)9-6-7/h3-4,7-8H,1-2,5-6H2. The minimum absolute atomic E-state index is 0.271. The predicted octanol–water partition coefficient (Wildman–Crippen LogP) is 1.76. The molecule has 1 aliphatic rings. The molecule has 0 aliphatic carbocycles. The van der Waals surface area contributed by atoms with Gasteiger partial charge in [0, 0.05) is 5.92 Å². The van der Waals surface area contributed by atoms with Gasteiger partial charge in [-0.2, -0.15) is 0 Å². The van der Waals surface area contributed by atoms with E-state index in [1.54, 1.807) is 0 Å². The van der Waals surface area contributed by atoms with E-state index in [0.717, 1.165) is 13.0 Å². The molecule has 1 saturated heterocycles. The van der Waals surface area contributed by atoms with Crippen LogP contribution in [-0.4, -0.2) is 12.7 Å². The van der Waals surface area contributed by atoms with E-state index >= 15 is 0 Å². The van der Waals surface area contributed by atoms with Gasteiger partial charge in [0.05, 0.1) is 12.7 Å². The Morgan fingerprint density at radius 3 is 2.44 bits per heavy atom. The molecule has 1 aliphatic heterocycles. The Hall–Kier alpha value is -0.560. The third kappa shape index (κ3) is 1.42. The molecule has 0 amide bonds. The zero-order chi connectivity index (χ0) is 6.69. The van der Waals surface area contributed by atoms with Crippen molar-refractivity contribution in [2.75, 3.05) is 6.61 Å². The van der Waals surface area contributed by atoms with E-state index in [-0.39, 0.29) is 6.10 Å². The molecular weight excluding hydrogens is 112 g/mol. The lowest BCUT2D eigenvalue weighted by Crippen LogP contribution is -1.97. The van der Waals surface area contributed by atoms with Gasteiger partial charge in [0.2, 0.25) is 0 Å². The summed E-state index contributed by atoms with van der Waals surface area (Å²) in [6.07, 6.45) is 5.13. The normalized spacial score (nSPS) is 34.2. The van der Waals surface area contributed by atoms with Gasteiger partial charge >= 0.3 is 0 Å². The van der Waals surface area contributed by atoms with Crippen LogP contribution in [0.3, 0.4) is 0 Å². The van der Waals surface area contributed by atoms with Gasteiger partial charge in [-0.15, -0.1) is 13.2 Å². The van der Waals surface area contributed by atoms with Crippen molar-refractivity contribution in [2.24, 2.45) is 5.92 Å². The molecule has 1 heteroatoms. The van der Waals surface area contributed by atoms with E-state index < -0.39 is 0 Å². The molecule has 2 atom stereocenters. The number of hydrogen-bond donors (Lipinski definition) is 0. The maximum absolute atomic E-state index is 5.32. The van der Waals surface area contributed by atoms with Crippen molar-refractivity contribution in [2.45, 2.75) is 12.5 Å². The van der Waals surface area contributed by atoms with E-state index in [1.807, 2.05) is 12.2 Å². The fraction of sp³-hybridized carbons (Fsp3) is 0.500. The molecule has 0 bridgehead atoms. The lowest BCUT2D eigenvalue weighted by atomic mass is 10.1. The SMILES string of the molecule is C=CC1COC(C=C)C1. The molecular formula is C8H12O. The Bertz CT molecular complexity index is 104. The molecule has 9 heavy (non-hydrogen) atoms. The van der Waals surface area contributed by atoms with Crippen LogP contribution in [0.5, 0.6) is 0 Å². The van der Waals surface area contributed by atoms with Crippen molar-refractivity contribution in [1.29, 1.82) is 0 Å². The van der Waals surface area contributed by atoms with Crippen LogP contribution in [-0.2, 0) is 4.74 Å².